The Labute approximate surface area is 107 Å². The third-order valence-electron chi connectivity index (χ3n) is 3.95. The van der Waals surface area contributed by atoms with Gasteiger partial charge in [-0.2, -0.15) is 11.8 Å². The minimum Gasteiger partial charge on any atom is -0.298 e. The first-order chi connectivity index (χ1) is 8.34. The van der Waals surface area contributed by atoms with Gasteiger partial charge in [0.1, 0.15) is 5.78 Å². The minimum absolute atomic E-state index is 0.302. The molecule has 1 aliphatic carbocycles. The molecule has 1 nitrogen and oxygen atoms in total. The summed E-state index contributed by atoms with van der Waals surface area (Å²) < 4.78 is 0. The number of rotatable bonds is 3. The number of carbonyl (C=O) groups excluding carboxylic acids is 1. The van der Waals surface area contributed by atoms with Gasteiger partial charge in [0.15, 0.2) is 0 Å². The van der Waals surface area contributed by atoms with Crippen LogP contribution in [0.4, 0.5) is 0 Å². The normalized spacial score (nSPS) is 27.1. The lowest BCUT2D eigenvalue weighted by molar-refractivity contribution is -0.119. The van der Waals surface area contributed by atoms with Crippen LogP contribution in [0.5, 0.6) is 0 Å². The van der Waals surface area contributed by atoms with E-state index in [4.69, 9.17) is 0 Å². The van der Waals surface area contributed by atoms with E-state index in [1.807, 2.05) is 11.8 Å². The molecule has 2 atom stereocenters. The predicted octanol–water partition coefficient (Wildman–Crippen LogP) is 3.57. The predicted molar refractivity (Wildman–Crippen MR) is 72.6 cm³/mol. The number of fused-ring (bicyclic) bond motifs is 1. The zero-order valence-corrected chi connectivity index (χ0v) is 10.8. The van der Waals surface area contributed by atoms with Crippen LogP contribution >= 0.6 is 11.8 Å². The van der Waals surface area contributed by atoms with Crippen molar-refractivity contribution in [3.05, 3.63) is 35.4 Å². The molecule has 90 valence electrons. The number of benzene rings is 1. The number of hydrogen-bond acceptors (Lipinski definition) is 2. The van der Waals surface area contributed by atoms with Crippen LogP contribution in [0.25, 0.3) is 0 Å². The van der Waals surface area contributed by atoms with E-state index >= 15 is 0 Å². The number of thioether (sulfide) groups is 1. The lowest BCUT2D eigenvalue weighted by Crippen LogP contribution is -2.26. The molecule has 2 unspecified atom stereocenters. The SMILES string of the molecule is O=C(CC1Cc2ccccc21)C1CCCCS1. The van der Waals surface area contributed by atoms with E-state index in [0.29, 0.717) is 17.0 Å². The molecule has 1 aromatic rings. The summed E-state index contributed by atoms with van der Waals surface area (Å²) >= 11 is 1.88. The molecule has 1 aromatic carbocycles. The van der Waals surface area contributed by atoms with Crippen molar-refractivity contribution < 1.29 is 4.79 Å². The van der Waals surface area contributed by atoms with Gasteiger partial charge in [-0.3, -0.25) is 4.79 Å². The lowest BCUT2D eigenvalue weighted by atomic mass is 9.75. The van der Waals surface area contributed by atoms with Crippen molar-refractivity contribution in [1.82, 2.24) is 0 Å². The van der Waals surface area contributed by atoms with E-state index in [2.05, 4.69) is 24.3 Å². The fraction of sp³-hybridized carbons (Fsp3) is 0.533. The first kappa shape index (κ1) is 11.3. The third kappa shape index (κ3) is 2.28. The lowest BCUT2D eigenvalue weighted by Gasteiger charge is -2.31. The number of Topliss-reactive ketones (excluding diaryl/α,β-unsaturated/α-hetero) is 1. The third-order valence-corrected chi connectivity index (χ3v) is 5.37. The van der Waals surface area contributed by atoms with Crippen LogP contribution in [-0.4, -0.2) is 16.8 Å². The molecule has 0 bridgehead atoms. The Bertz CT molecular complexity index is 421. The summed E-state index contributed by atoms with van der Waals surface area (Å²) in [7, 11) is 0. The van der Waals surface area contributed by atoms with E-state index in [1.165, 1.54) is 29.7 Å². The van der Waals surface area contributed by atoms with Gasteiger partial charge in [-0.05, 0) is 42.1 Å². The molecular formula is C15H18OS. The average Bonchev–Trinajstić information content (AvgIpc) is 2.37. The van der Waals surface area contributed by atoms with E-state index in [9.17, 15) is 4.79 Å². The van der Waals surface area contributed by atoms with Crippen molar-refractivity contribution >= 4 is 17.5 Å². The molecule has 0 amide bonds. The van der Waals surface area contributed by atoms with Crippen molar-refractivity contribution in [2.45, 2.75) is 43.3 Å². The second-order valence-electron chi connectivity index (χ2n) is 5.13. The van der Waals surface area contributed by atoms with Gasteiger partial charge in [0.2, 0.25) is 0 Å². The van der Waals surface area contributed by atoms with Crippen LogP contribution < -0.4 is 0 Å². The summed E-state index contributed by atoms with van der Waals surface area (Å²) in [5, 5.41) is 0.302. The van der Waals surface area contributed by atoms with Gasteiger partial charge in [0.05, 0.1) is 5.25 Å². The minimum atomic E-state index is 0.302. The fourth-order valence-corrected chi connectivity index (χ4v) is 4.18. The average molecular weight is 246 g/mol. The van der Waals surface area contributed by atoms with Gasteiger partial charge in [0, 0.05) is 6.42 Å². The summed E-state index contributed by atoms with van der Waals surface area (Å²) in [6.45, 7) is 0. The second-order valence-corrected chi connectivity index (χ2v) is 6.44. The number of hydrogen-bond donors (Lipinski definition) is 0. The van der Waals surface area contributed by atoms with Crippen molar-refractivity contribution in [3.63, 3.8) is 0 Å². The fourth-order valence-electron chi connectivity index (χ4n) is 2.91. The topological polar surface area (TPSA) is 17.1 Å². The van der Waals surface area contributed by atoms with Crippen LogP contribution in [0.15, 0.2) is 24.3 Å². The Morgan fingerprint density at radius 2 is 2.18 bits per heavy atom. The molecule has 1 aliphatic heterocycles. The highest BCUT2D eigenvalue weighted by atomic mass is 32.2. The largest absolute Gasteiger partial charge is 0.298 e. The molecule has 2 aliphatic rings. The Balaban J connectivity index is 1.60. The molecule has 3 rings (SSSR count). The van der Waals surface area contributed by atoms with Gasteiger partial charge < -0.3 is 0 Å². The van der Waals surface area contributed by atoms with Crippen LogP contribution in [0, 0.1) is 0 Å². The maximum atomic E-state index is 12.2. The summed E-state index contributed by atoms with van der Waals surface area (Å²) in [6.07, 6.45) is 5.53. The van der Waals surface area contributed by atoms with Gasteiger partial charge in [-0.25, -0.2) is 0 Å². The Morgan fingerprint density at radius 3 is 2.94 bits per heavy atom. The molecule has 2 heteroatoms. The van der Waals surface area contributed by atoms with Crippen molar-refractivity contribution in [3.8, 4) is 0 Å². The van der Waals surface area contributed by atoms with E-state index in [0.717, 1.165) is 19.3 Å². The van der Waals surface area contributed by atoms with E-state index < -0.39 is 0 Å². The molecule has 0 radical (unpaired) electrons. The van der Waals surface area contributed by atoms with Crippen molar-refractivity contribution in [2.75, 3.05) is 5.75 Å². The van der Waals surface area contributed by atoms with Gasteiger partial charge in [0.25, 0.3) is 0 Å². The molecule has 1 fully saturated rings. The highest BCUT2D eigenvalue weighted by molar-refractivity contribution is 8.00. The van der Waals surface area contributed by atoms with E-state index in [-0.39, 0.29) is 0 Å². The zero-order valence-electron chi connectivity index (χ0n) is 10.0. The molecule has 1 saturated heterocycles. The molecule has 0 N–H and O–H groups in total. The first-order valence-electron chi connectivity index (χ1n) is 6.57. The Hall–Kier alpha value is -0.760. The van der Waals surface area contributed by atoms with Crippen LogP contribution in [0.1, 0.15) is 42.7 Å². The maximum Gasteiger partial charge on any atom is 0.146 e. The van der Waals surface area contributed by atoms with Crippen molar-refractivity contribution in [2.24, 2.45) is 0 Å². The van der Waals surface area contributed by atoms with Crippen LogP contribution in [-0.2, 0) is 11.2 Å². The summed E-state index contributed by atoms with van der Waals surface area (Å²) in [5.74, 6) is 2.19. The number of ketones is 1. The standard InChI is InChI=1S/C15H18OS/c16-14(15-7-3-4-8-17-15)10-12-9-11-5-1-2-6-13(11)12/h1-2,5-6,12,15H,3-4,7-10H2. The molecule has 0 spiro atoms. The number of carbonyl (C=O) groups is 1. The van der Waals surface area contributed by atoms with Gasteiger partial charge in [-0.15, -0.1) is 0 Å². The smallest absolute Gasteiger partial charge is 0.146 e. The molecule has 17 heavy (non-hydrogen) atoms. The Morgan fingerprint density at radius 1 is 1.29 bits per heavy atom. The maximum absolute atomic E-state index is 12.2. The second kappa shape index (κ2) is 4.85. The molecule has 0 saturated carbocycles. The summed E-state index contributed by atoms with van der Waals surface area (Å²) in [5.41, 5.74) is 2.86. The molecule has 1 heterocycles. The van der Waals surface area contributed by atoms with E-state index in [1.54, 1.807) is 0 Å². The monoisotopic (exact) mass is 246 g/mol. The quantitative estimate of drug-likeness (QED) is 0.811. The molecule has 0 aromatic heterocycles. The van der Waals surface area contributed by atoms with Crippen LogP contribution in [0.3, 0.4) is 0 Å². The summed E-state index contributed by atoms with van der Waals surface area (Å²) in [6, 6.07) is 8.55. The highest BCUT2D eigenvalue weighted by Gasteiger charge is 2.30. The van der Waals surface area contributed by atoms with Gasteiger partial charge in [-0.1, -0.05) is 30.7 Å². The Kier molecular flexibility index (Phi) is 3.24. The highest BCUT2D eigenvalue weighted by Crippen LogP contribution is 2.39. The zero-order chi connectivity index (χ0) is 11.7. The molecular weight excluding hydrogens is 228 g/mol. The van der Waals surface area contributed by atoms with Gasteiger partial charge >= 0.3 is 0 Å². The van der Waals surface area contributed by atoms with Crippen molar-refractivity contribution in [1.29, 1.82) is 0 Å². The van der Waals surface area contributed by atoms with Crippen LogP contribution in [0.2, 0.25) is 0 Å². The first-order valence-corrected chi connectivity index (χ1v) is 7.61. The summed E-state index contributed by atoms with van der Waals surface area (Å²) in [4.78, 5) is 12.2.